The van der Waals surface area contributed by atoms with Gasteiger partial charge >= 0.3 is 0 Å². The summed E-state index contributed by atoms with van der Waals surface area (Å²) in [5.74, 6) is 2.77. The van der Waals surface area contributed by atoms with E-state index in [0.717, 1.165) is 35.1 Å². The molecule has 1 aromatic rings. The Morgan fingerprint density at radius 2 is 2.12 bits per heavy atom. The van der Waals surface area contributed by atoms with Crippen molar-refractivity contribution in [2.45, 2.75) is 45.4 Å². The Kier molecular flexibility index (Phi) is 4.77. The van der Waals surface area contributed by atoms with Crippen LogP contribution in [0.2, 0.25) is 0 Å². The molecule has 1 aliphatic rings. The van der Waals surface area contributed by atoms with Crippen molar-refractivity contribution in [1.29, 1.82) is 0 Å². The molecular weight excluding hydrogens is 278 g/mol. The molecule has 1 aromatic heterocycles. The van der Waals surface area contributed by atoms with Gasteiger partial charge in [-0.2, -0.15) is 0 Å². The minimum atomic E-state index is 0.868. The number of halogens is 1. The van der Waals surface area contributed by atoms with E-state index in [9.17, 15) is 0 Å². The van der Waals surface area contributed by atoms with Gasteiger partial charge in [0.15, 0.2) is 0 Å². The summed E-state index contributed by atoms with van der Waals surface area (Å²) in [6.07, 6.45) is 7.80. The Morgan fingerprint density at radius 1 is 1.35 bits per heavy atom. The molecule has 4 heteroatoms. The molecule has 0 saturated heterocycles. The number of nitrogens with zero attached hydrogens (tertiary/aromatic N) is 2. The molecule has 0 atom stereocenters. The van der Waals surface area contributed by atoms with Crippen LogP contribution >= 0.6 is 15.9 Å². The maximum Gasteiger partial charge on any atom is 0.131 e. The van der Waals surface area contributed by atoms with Gasteiger partial charge in [-0.05, 0) is 28.3 Å². The van der Waals surface area contributed by atoms with Crippen LogP contribution in [0.25, 0.3) is 0 Å². The third kappa shape index (κ3) is 3.95. The predicted octanol–water partition coefficient (Wildman–Crippen LogP) is 3.79. The molecule has 2 rings (SSSR count). The highest BCUT2D eigenvalue weighted by Crippen LogP contribution is 2.27. The summed E-state index contributed by atoms with van der Waals surface area (Å²) in [6.45, 7) is 3.10. The number of nitrogens with one attached hydrogen (secondary N) is 1. The second-order valence-corrected chi connectivity index (χ2v) is 5.52. The average Bonchev–Trinajstić information content (AvgIpc) is 2.81. The van der Waals surface area contributed by atoms with Crippen LogP contribution < -0.4 is 5.32 Å². The van der Waals surface area contributed by atoms with Gasteiger partial charge in [-0.1, -0.05) is 32.6 Å². The quantitative estimate of drug-likeness (QED) is 0.840. The van der Waals surface area contributed by atoms with Crippen molar-refractivity contribution >= 4 is 21.7 Å². The molecule has 0 bridgehead atoms. The first-order chi connectivity index (χ1) is 8.28. The number of hydrogen-bond acceptors (Lipinski definition) is 3. The lowest BCUT2D eigenvalue weighted by molar-refractivity contribution is 0.518. The van der Waals surface area contributed by atoms with Crippen LogP contribution in [0.3, 0.4) is 0 Å². The normalized spacial score (nSPS) is 16.4. The summed E-state index contributed by atoms with van der Waals surface area (Å²) in [5, 5.41) is 3.41. The van der Waals surface area contributed by atoms with E-state index in [1.54, 1.807) is 0 Å². The zero-order valence-corrected chi connectivity index (χ0v) is 12.0. The standard InChI is InChI=1S/C13H20BrN3/c1-2-12-16-11(14)9-13(17-12)15-8-7-10-5-3-4-6-10/h9-10H,2-8H2,1H3,(H,15,16,17). The van der Waals surface area contributed by atoms with Gasteiger partial charge < -0.3 is 5.32 Å². The van der Waals surface area contributed by atoms with Crippen LogP contribution in [0.15, 0.2) is 10.7 Å². The Balaban J connectivity index is 1.83. The summed E-state index contributed by atoms with van der Waals surface area (Å²) in [7, 11) is 0. The number of anilines is 1. The van der Waals surface area contributed by atoms with E-state index in [2.05, 4.69) is 38.1 Å². The summed E-state index contributed by atoms with van der Waals surface area (Å²) in [4.78, 5) is 8.77. The Labute approximate surface area is 112 Å². The molecule has 1 saturated carbocycles. The molecule has 0 unspecified atom stereocenters. The first-order valence-corrected chi connectivity index (χ1v) is 7.34. The van der Waals surface area contributed by atoms with Gasteiger partial charge in [0, 0.05) is 19.0 Å². The van der Waals surface area contributed by atoms with Gasteiger partial charge in [-0.3, -0.25) is 0 Å². The Hall–Kier alpha value is -0.640. The predicted molar refractivity (Wildman–Crippen MR) is 74.2 cm³/mol. The van der Waals surface area contributed by atoms with Crippen LogP contribution in [0.5, 0.6) is 0 Å². The molecule has 1 N–H and O–H groups in total. The molecule has 1 heterocycles. The fourth-order valence-corrected chi connectivity index (χ4v) is 2.84. The average molecular weight is 298 g/mol. The third-order valence-electron chi connectivity index (χ3n) is 3.39. The highest BCUT2D eigenvalue weighted by molar-refractivity contribution is 9.10. The maximum atomic E-state index is 4.46. The Bertz CT molecular complexity index is 362. The molecule has 0 amide bonds. The molecule has 17 heavy (non-hydrogen) atoms. The summed E-state index contributed by atoms with van der Waals surface area (Å²) < 4.78 is 0.868. The fraction of sp³-hybridized carbons (Fsp3) is 0.692. The van der Waals surface area contributed by atoms with E-state index in [0.29, 0.717) is 0 Å². The summed E-state index contributed by atoms with van der Waals surface area (Å²) in [6, 6.07) is 1.95. The lowest BCUT2D eigenvalue weighted by Crippen LogP contribution is -2.09. The van der Waals surface area contributed by atoms with Gasteiger partial charge in [0.1, 0.15) is 16.2 Å². The van der Waals surface area contributed by atoms with Crippen LogP contribution in [0, 0.1) is 5.92 Å². The minimum absolute atomic E-state index is 0.868. The second kappa shape index (κ2) is 6.34. The SMILES string of the molecule is CCc1nc(Br)cc(NCCC2CCCC2)n1. The molecule has 0 radical (unpaired) electrons. The van der Waals surface area contributed by atoms with Crippen LogP contribution in [-0.2, 0) is 6.42 Å². The van der Waals surface area contributed by atoms with E-state index in [1.165, 1.54) is 32.1 Å². The molecular formula is C13H20BrN3. The third-order valence-corrected chi connectivity index (χ3v) is 3.80. The van der Waals surface area contributed by atoms with Crippen molar-refractivity contribution in [1.82, 2.24) is 9.97 Å². The van der Waals surface area contributed by atoms with Gasteiger partial charge in [0.25, 0.3) is 0 Å². The molecule has 0 aliphatic heterocycles. The van der Waals surface area contributed by atoms with E-state index in [-0.39, 0.29) is 0 Å². The zero-order valence-electron chi connectivity index (χ0n) is 10.4. The zero-order chi connectivity index (χ0) is 12.1. The van der Waals surface area contributed by atoms with Gasteiger partial charge in [-0.25, -0.2) is 9.97 Å². The molecule has 0 spiro atoms. The van der Waals surface area contributed by atoms with Crippen molar-refractivity contribution in [2.24, 2.45) is 5.92 Å². The second-order valence-electron chi connectivity index (χ2n) is 4.71. The first kappa shape index (κ1) is 12.8. The van der Waals surface area contributed by atoms with Crippen molar-refractivity contribution in [2.75, 3.05) is 11.9 Å². The number of aryl methyl sites for hydroxylation is 1. The lowest BCUT2D eigenvalue weighted by atomic mass is 10.0. The molecule has 0 aromatic carbocycles. The highest BCUT2D eigenvalue weighted by atomic mass is 79.9. The Morgan fingerprint density at radius 3 is 2.82 bits per heavy atom. The summed E-state index contributed by atoms with van der Waals surface area (Å²) in [5.41, 5.74) is 0. The molecule has 94 valence electrons. The highest BCUT2D eigenvalue weighted by Gasteiger charge is 2.14. The van der Waals surface area contributed by atoms with E-state index < -0.39 is 0 Å². The van der Waals surface area contributed by atoms with E-state index in [4.69, 9.17) is 0 Å². The lowest BCUT2D eigenvalue weighted by Gasteiger charge is -2.11. The van der Waals surface area contributed by atoms with Crippen molar-refractivity contribution in [3.8, 4) is 0 Å². The van der Waals surface area contributed by atoms with Crippen molar-refractivity contribution in [3.05, 3.63) is 16.5 Å². The minimum Gasteiger partial charge on any atom is -0.370 e. The fourth-order valence-electron chi connectivity index (χ4n) is 2.42. The van der Waals surface area contributed by atoms with Crippen LogP contribution in [0.1, 0.15) is 44.9 Å². The van der Waals surface area contributed by atoms with Gasteiger partial charge in [0.05, 0.1) is 0 Å². The maximum absolute atomic E-state index is 4.46. The molecule has 1 fully saturated rings. The molecule has 1 aliphatic carbocycles. The topological polar surface area (TPSA) is 37.8 Å². The molecule has 3 nitrogen and oxygen atoms in total. The van der Waals surface area contributed by atoms with Crippen molar-refractivity contribution in [3.63, 3.8) is 0 Å². The number of hydrogen-bond donors (Lipinski definition) is 1. The summed E-state index contributed by atoms with van der Waals surface area (Å²) >= 11 is 3.42. The monoisotopic (exact) mass is 297 g/mol. The van der Waals surface area contributed by atoms with Crippen molar-refractivity contribution < 1.29 is 0 Å². The van der Waals surface area contributed by atoms with Gasteiger partial charge in [0.2, 0.25) is 0 Å². The largest absolute Gasteiger partial charge is 0.370 e. The van der Waals surface area contributed by atoms with Crippen LogP contribution in [-0.4, -0.2) is 16.5 Å². The first-order valence-electron chi connectivity index (χ1n) is 6.55. The number of aromatic nitrogens is 2. The van der Waals surface area contributed by atoms with E-state index >= 15 is 0 Å². The number of rotatable bonds is 5. The van der Waals surface area contributed by atoms with Gasteiger partial charge in [-0.15, -0.1) is 0 Å². The van der Waals surface area contributed by atoms with Crippen LogP contribution in [0.4, 0.5) is 5.82 Å². The van der Waals surface area contributed by atoms with E-state index in [1.807, 2.05) is 6.07 Å². The smallest absolute Gasteiger partial charge is 0.131 e.